The molecule has 1 fully saturated rings. The number of rotatable bonds is 12. The Kier molecular flexibility index (Phi) is 8.45. The number of aliphatic carboxylic acids is 1. The Morgan fingerprint density at radius 3 is 2.10 bits per heavy atom. The normalized spacial score (nSPS) is 15.6. The largest absolute Gasteiger partial charge is 0.480 e. The molecule has 40 heavy (non-hydrogen) atoms. The number of alkyl carbamates (subject to hydrolysis) is 1. The van der Waals surface area contributed by atoms with Crippen LogP contribution in [-0.2, 0) is 20.9 Å². The molecule has 2 aliphatic rings. The molecule has 208 valence electrons. The van der Waals surface area contributed by atoms with Crippen LogP contribution in [0.15, 0.2) is 78.9 Å². The van der Waals surface area contributed by atoms with E-state index in [2.05, 4.69) is 34.9 Å². The van der Waals surface area contributed by atoms with Crippen LogP contribution in [0.1, 0.15) is 41.9 Å². The Morgan fingerprint density at radius 1 is 0.900 bits per heavy atom. The molecule has 0 radical (unpaired) electrons. The highest BCUT2D eigenvalue weighted by molar-refractivity contribution is 5.84. The van der Waals surface area contributed by atoms with Crippen molar-refractivity contribution < 1.29 is 24.2 Å². The van der Waals surface area contributed by atoms with E-state index >= 15 is 0 Å². The molecule has 0 spiro atoms. The smallest absolute Gasteiger partial charge is 0.407 e. The summed E-state index contributed by atoms with van der Waals surface area (Å²) in [6, 6.07) is 24.6. The maximum absolute atomic E-state index is 12.9. The van der Waals surface area contributed by atoms with Crippen LogP contribution >= 0.6 is 0 Å². The van der Waals surface area contributed by atoms with Gasteiger partial charge in [-0.25, -0.2) is 9.59 Å². The van der Waals surface area contributed by atoms with E-state index in [-0.39, 0.29) is 31.4 Å². The average Bonchev–Trinajstić information content (AvgIpc) is 3.74. The SMILES string of the molecule is CN(Cc1ccccc1)CC(NC(=O)CC(NC(=O)OCC1c2ccccc2-c2ccccc21)C1CC1)C(=O)O. The Balaban J connectivity index is 1.14. The lowest BCUT2D eigenvalue weighted by Crippen LogP contribution is -2.49. The molecule has 0 aromatic heterocycles. The summed E-state index contributed by atoms with van der Waals surface area (Å²) in [5.41, 5.74) is 5.63. The quantitative estimate of drug-likeness (QED) is 0.314. The van der Waals surface area contributed by atoms with Crippen LogP contribution in [0.2, 0.25) is 0 Å². The van der Waals surface area contributed by atoms with Gasteiger partial charge in [0.05, 0.1) is 0 Å². The highest BCUT2D eigenvalue weighted by Gasteiger charge is 2.36. The lowest BCUT2D eigenvalue weighted by molar-refractivity contribution is -0.142. The number of carbonyl (C=O) groups excluding carboxylic acids is 2. The number of amides is 2. The maximum Gasteiger partial charge on any atom is 0.407 e. The third-order valence-corrected chi connectivity index (χ3v) is 7.67. The van der Waals surface area contributed by atoms with Crippen molar-refractivity contribution >= 4 is 18.0 Å². The van der Waals surface area contributed by atoms with E-state index in [0.29, 0.717) is 6.54 Å². The van der Waals surface area contributed by atoms with Crippen molar-refractivity contribution in [2.24, 2.45) is 5.92 Å². The molecule has 0 aliphatic heterocycles. The minimum Gasteiger partial charge on any atom is -0.480 e. The third-order valence-electron chi connectivity index (χ3n) is 7.67. The van der Waals surface area contributed by atoms with Gasteiger partial charge in [0.25, 0.3) is 0 Å². The average molecular weight is 542 g/mol. The summed E-state index contributed by atoms with van der Waals surface area (Å²) in [5, 5.41) is 15.2. The van der Waals surface area contributed by atoms with Crippen molar-refractivity contribution in [3.05, 3.63) is 95.6 Å². The number of likely N-dealkylation sites (N-methyl/N-ethyl adjacent to an activating group) is 1. The van der Waals surface area contributed by atoms with E-state index in [9.17, 15) is 19.5 Å². The standard InChI is InChI=1S/C32H35N3O5/c1-35(18-21-9-3-2-4-10-21)19-29(31(37)38)33-30(36)17-28(22-15-16-22)34-32(39)40-20-27-25-13-7-5-11-23(25)24-12-6-8-14-26(24)27/h2-14,22,27-29H,15-20H2,1H3,(H,33,36)(H,34,39)(H,37,38). The second-order valence-electron chi connectivity index (χ2n) is 10.8. The van der Waals surface area contributed by atoms with Crippen LogP contribution < -0.4 is 10.6 Å². The first-order chi connectivity index (χ1) is 19.4. The molecule has 8 nitrogen and oxygen atoms in total. The molecular formula is C32H35N3O5. The van der Waals surface area contributed by atoms with Gasteiger partial charge in [0.15, 0.2) is 0 Å². The topological polar surface area (TPSA) is 108 Å². The van der Waals surface area contributed by atoms with E-state index < -0.39 is 30.1 Å². The molecule has 5 rings (SSSR count). The molecule has 2 aliphatic carbocycles. The fraction of sp³-hybridized carbons (Fsp3) is 0.344. The van der Waals surface area contributed by atoms with Gasteiger partial charge in [0.2, 0.25) is 5.91 Å². The van der Waals surface area contributed by atoms with E-state index in [4.69, 9.17) is 4.74 Å². The van der Waals surface area contributed by atoms with E-state index in [1.807, 2.05) is 66.5 Å². The predicted molar refractivity (Wildman–Crippen MR) is 152 cm³/mol. The van der Waals surface area contributed by atoms with Gasteiger partial charge >= 0.3 is 12.1 Å². The zero-order chi connectivity index (χ0) is 28.1. The van der Waals surface area contributed by atoms with Crippen molar-refractivity contribution in [1.29, 1.82) is 0 Å². The highest BCUT2D eigenvalue weighted by Crippen LogP contribution is 2.44. The van der Waals surface area contributed by atoms with Crippen LogP contribution in [-0.4, -0.2) is 60.3 Å². The van der Waals surface area contributed by atoms with E-state index in [1.54, 1.807) is 0 Å². The minimum atomic E-state index is -1.10. The minimum absolute atomic E-state index is 0.00103. The Labute approximate surface area is 234 Å². The number of hydrogen-bond acceptors (Lipinski definition) is 5. The molecule has 0 heterocycles. The van der Waals surface area contributed by atoms with Crippen molar-refractivity contribution in [1.82, 2.24) is 15.5 Å². The number of nitrogens with one attached hydrogen (secondary N) is 2. The molecule has 0 bridgehead atoms. The van der Waals surface area contributed by atoms with Crippen molar-refractivity contribution in [2.75, 3.05) is 20.2 Å². The highest BCUT2D eigenvalue weighted by atomic mass is 16.5. The number of ether oxygens (including phenoxy) is 1. The van der Waals surface area contributed by atoms with Crippen molar-refractivity contribution in [3.8, 4) is 11.1 Å². The second-order valence-corrected chi connectivity index (χ2v) is 10.8. The van der Waals surface area contributed by atoms with Gasteiger partial charge in [0, 0.05) is 31.5 Å². The zero-order valence-electron chi connectivity index (χ0n) is 22.6. The molecule has 3 aromatic carbocycles. The van der Waals surface area contributed by atoms with Gasteiger partial charge in [-0.05, 0) is 53.6 Å². The van der Waals surface area contributed by atoms with Crippen LogP contribution in [0.3, 0.4) is 0 Å². The summed E-state index contributed by atoms with van der Waals surface area (Å²) in [7, 11) is 1.82. The van der Waals surface area contributed by atoms with Crippen molar-refractivity contribution in [3.63, 3.8) is 0 Å². The Morgan fingerprint density at radius 2 is 1.50 bits per heavy atom. The first-order valence-electron chi connectivity index (χ1n) is 13.7. The lowest BCUT2D eigenvalue weighted by Gasteiger charge is -2.24. The molecule has 1 saturated carbocycles. The molecular weight excluding hydrogens is 506 g/mol. The fourth-order valence-corrected chi connectivity index (χ4v) is 5.54. The third kappa shape index (κ3) is 6.69. The molecule has 0 saturated heterocycles. The van der Waals surface area contributed by atoms with Gasteiger partial charge in [-0.15, -0.1) is 0 Å². The summed E-state index contributed by atoms with van der Waals surface area (Å²) in [5.74, 6) is -1.38. The molecule has 3 aromatic rings. The van der Waals surface area contributed by atoms with Gasteiger partial charge in [-0.1, -0.05) is 78.9 Å². The molecule has 3 N–H and O–H groups in total. The molecule has 8 heteroatoms. The van der Waals surface area contributed by atoms with Gasteiger partial charge in [0.1, 0.15) is 12.6 Å². The van der Waals surface area contributed by atoms with E-state index in [0.717, 1.165) is 40.7 Å². The zero-order valence-corrected chi connectivity index (χ0v) is 22.6. The monoisotopic (exact) mass is 541 g/mol. The summed E-state index contributed by atoms with van der Waals surface area (Å²) >= 11 is 0. The fourth-order valence-electron chi connectivity index (χ4n) is 5.54. The number of benzene rings is 3. The van der Waals surface area contributed by atoms with Crippen LogP contribution in [0.5, 0.6) is 0 Å². The maximum atomic E-state index is 12.9. The van der Waals surface area contributed by atoms with E-state index in [1.165, 1.54) is 0 Å². The van der Waals surface area contributed by atoms with Crippen LogP contribution in [0, 0.1) is 5.92 Å². The number of nitrogens with zero attached hydrogens (tertiary/aromatic N) is 1. The lowest BCUT2D eigenvalue weighted by atomic mass is 9.98. The first-order valence-corrected chi connectivity index (χ1v) is 13.7. The van der Waals surface area contributed by atoms with Gasteiger partial charge < -0.3 is 20.5 Å². The van der Waals surface area contributed by atoms with Gasteiger partial charge in [-0.3, -0.25) is 9.69 Å². The molecule has 2 unspecified atom stereocenters. The molecule has 2 amide bonds. The van der Waals surface area contributed by atoms with Crippen LogP contribution in [0.25, 0.3) is 11.1 Å². The number of carboxylic acids is 1. The number of carboxylic acid groups (broad SMARTS) is 1. The Hall–Kier alpha value is -4.17. The number of fused-ring (bicyclic) bond motifs is 3. The predicted octanol–water partition coefficient (Wildman–Crippen LogP) is 4.40. The number of hydrogen-bond donors (Lipinski definition) is 3. The van der Waals surface area contributed by atoms with Crippen molar-refractivity contribution in [2.45, 2.75) is 43.8 Å². The first kappa shape index (κ1) is 27.4. The Bertz CT molecular complexity index is 1310. The molecule has 2 atom stereocenters. The summed E-state index contributed by atoms with van der Waals surface area (Å²) in [4.78, 5) is 39.5. The van der Waals surface area contributed by atoms with Crippen LogP contribution in [0.4, 0.5) is 4.79 Å². The second kappa shape index (κ2) is 12.3. The summed E-state index contributed by atoms with van der Waals surface area (Å²) < 4.78 is 5.68. The van der Waals surface area contributed by atoms with Gasteiger partial charge in [-0.2, -0.15) is 0 Å². The summed E-state index contributed by atoms with van der Waals surface area (Å²) in [6.07, 6.45) is 1.25. The summed E-state index contributed by atoms with van der Waals surface area (Å²) in [6.45, 7) is 0.913. The number of carbonyl (C=O) groups is 3.